The lowest BCUT2D eigenvalue weighted by Crippen LogP contribution is -2.26. The van der Waals surface area contributed by atoms with E-state index in [2.05, 4.69) is 4.72 Å². The lowest BCUT2D eigenvalue weighted by atomic mass is 10.2. The molecule has 7 heteroatoms. The number of nitrogens with one attached hydrogen (secondary N) is 1. The van der Waals surface area contributed by atoms with Gasteiger partial charge in [0, 0.05) is 11.4 Å². The fourth-order valence-corrected chi connectivity index (χ4v) is 4.10. The van der Waals surface area contributed by atoms with Crippen molar-refractivity contribution < 1.29 is 18.3 Å². The van der Waals surface area contributed by atoms with Crippen molar-refractivity contribution in [3.8, 4) is 5.75 Å². The minimum absolute atomic E-state index is 0.173. The summed E-state index contributed by atoms with van der Waals surface area (Å²) in [6.45, 7) is 1.89. The minimum atomic E-state index is -3.59. The molecule has 0 saturated heterocycles. The second-order valence-electron chi connectivity index (χ2n) is 4.85. The Balaban J connectivity index is 1.99. The topological polar surface area (TPSA) is 75.6 Å². The average molecular weight is 341 g/mol. The molecule has 0 bridgehead atoms. The molecule has 1 heterocycles. The van der Waals surface area contributed by atoms with E-state index in [1.54, 1.807) is 19.1 Å². The molecule has 2 N–H and O–H groups in total. The molecule has 1 aromatic carbocycles. The molecular formula is C15H19NO4S2. The Morgan fingerprint density at radius 3 is 2.73 bits per heavy atom. The van der Waals surface area contributed by atoms with Crippen LogP contribution in [0.3, 0.4) is 0 Å². The Morgan fingerprint density at radius 2 is 2.14 bits per heavy atom. The molecular weight excluding hydrogens is 322 g/mol. The van der Waals surface area contributed by atoms with Crippen LogP contribution < -0.4 is 9.46 Å². The monoisotopic (exact) mass is 341 g/mol. The van der Waals surface area contributed by atoms with Crippen LogP contribution in [0, 0.1) is 6.92 Å². The van der Waals surface area contributed by atoms with Gasteiger partial charge in [-0.05, 0) is 48.6 Å². The Labute approximate surface area is 134 Å². The maximum Gasteiger partial charge on any atom is 0.240 e. The summed E-state index contributed by atoms with van der Waals surface area (Å²) >= 11 is 1.45. The summed E-state index contributed by atoms with van der Waals surface area (Å²) in [6.07, 6.45) is -0.325. The number of sulfonamides is 1. The number of ether oxygens (including phenoxy) is 1. The van der Waals surface area contributed by atoms with Crippen molar-refractivity contribution in [3.63, 3.8) is 0 Å². The largest absolute Gasteiger partial charge is 0.497 e. The van der Waals surface area contributed by atoms with Crippen LogP contribution in [0.2, 0.25) is 0 Å². The Bertz CT molecular complexity index is 711. The van der Waals surface area contributed by atoms with Gasteiger partial charge in [-0.15, -0.1) is 11.3 Å². The van der Waals surface area contributed by atoms with Gasteiger partial charge >= 0.3 is 0 Å². The zero-order valence-corrected chi connectivity index (χ0v) is 14.1. The third-order valence-corrected chi connectivity index (χ3v) is 5.85. The van der Waals surface area contributed by atoms with Gasteiger partial charge < -0.3 is 9.84 Å². The molecule has 1 atom stereocenters. The van der Waals surface area contributed by atoms with Gasteiger partial charge in [0.15, 0.2) is 0 Å². The van der Waals surface area contributed by atoms with Gasteiger partial charge in [-0.3, -0.25) is 0 Å². The van der Waals surface area contributed by atoms with Gasteiger partial charge in [-0.2, -0.15) is 0 Å². The molecule has 0 radical (unpaired) electrons. The van der Waals surface area contributed by atoms with E-state index in [1.807, 2.05) is 17.5 Å². The molecule has 0 aliphatic rings. The van der Waals surface area contributed by atoms with E-state index in [1.165, 1.54) is 24.5 Å². The van der Waals surface area contributed by atoms with Crippen molar-refractivity contribution in [2.75, 3.05) is 13.7 Å². The molecule has 5 nitrogen and oxygen atoms in total. The summed E-state index contributed by atoms with van der Waals surface area (Å²) in [7, 11) is -2.06. The number of aliphatic hydroxyl groups excluding tert-OH is 1. The smallest absolute Gasteiger partial charge is 0.240 e. The molecule has 0 amide bonds. The maximum absolute atomic E-state index is 12.3. The minimum Gasteiger partial charge on any atom is -0.497 e. The van der Waals surface area contributed by atoms with Crippen molar-refractivity contribution in [2.45, 2.75) is 24.3 Å². The fraction of sp³-hybridized carbons (Fsp3) is 0.333. The highest BCUT2D eigenvalue weighted by molar-refractivity contribution is 7.89. The van der Waals surface area contributed by atoms with Crippen LogP contribution >= 0.6 is 11.3 Å². The summed E-state index contributed by atoms with van der Waals surface area (Å²) in [5, 5.41) is 11.8. The highest BCUT2D eigenvalue weighted by atomic mass is 32.2. The van der Waals surface area contributed by atoms with Crippen LogP contribution in [0.15, 0.2) is 40.6 Å². The van der Waals surface area contributed by atoms with E-state index in [0.29, 0.717) is 17.7 Å². The van der Waals surface area contributed by atoms with E-state index < -0.39 is 16.1 Å². The van der Waals surface area contributed by atoms with Gasteiger partial charge in [0.1, 0.15) is 5.75 Å². The second kappa shape index (κ2) is 7.23. The van der Waals surface area contributed by atoms with Crippen LogP contribution in [0.25, 0.3) is 0 Å². The number of rotatable bonds is 7. The normalized spacial score (nSPS) is 13.0. The maximum atomic E-state index is 12.3. The van der Waals surface area contributed by atoms with E-state index in [4.69, 9.17) is 4.74 Å². The number of aliphatic hydroxyl groups is 1. The van der Waals surface area contributed by atoms with Gasteiger partial charge in [0.25, 0.3) is 0 Å². The van der Waals surface area contributed by atoms with Crippen molar-refractivity contribution in [1.82, 2.24) is 4.72 Å². The predicted molar refractivity (Wildman–Crippen MR) is 86.8 cm³/mol. The lowest BCUT2D eigenvalue weighted by Gasteiger charge is -2.12. The summed E-state index contributed by atoms with van der Waals surface area (Å²) in [5.41, 5.74) is 0.616. The van der Waals surface area contributed by atoms with E-state index in [0.717, 1.165) is 4.88 Å². The summed E-state index contributed by atoms with van der Waals surface area (Å²) in [4.78, 5) is 1.05. The molecule has 0 saturated carbocycles. The van der Waals surface area contributed by atoms with Crippen molar-refractivity contribution >= 4 is 21.4 Å². The molecule has 2 aromatic rings. The first-order valence-electron chi connectivity index (χ1n) is 6.80. The van der Waals surface area contributed by atoms with Crippen LogP contribution in [0.5, 0.6) is 5.75 Å². The van der Waals surface area contributed by atoms with Crippen molar-refractivity contribution in [1.29, 1.82) is 0 Å². The molecule has 0 spiro atoms. The van der Waals surface area contributed by atoms with Crippen molar-refractivity contribution in [2.24, 2.45) is 0 Å². The van der Waals surface area contributed by atoms with Crippen LogP contribution in [0.1, 0.15) is 23.0 Å². The van der Waals surface area contributed by atoms with E-state index >= 15 is 0 Å². The summed E-state index contributed by atoms with van der Waals surface area (Å²) < 4.78 is 32.2. The number of thiophene rings is 1. The fourth-order valence-electron chi connectivity index (χ4n) is 2.08. The number of hydrogen-bond acceptors (Lipinski definition) is 5. The Kier molecular flexibility index (Phi) is 5.57. The molecule has 0 fully saturated rings. The number of hydrogen-bond donors (Lipinski definition) is 2. The Hall–Kier alpha value is -1.41. The van der Waals surface area contributed by atoms with E-state index in [-0.39, 0.29) is 11.4 Å². The van der Waals surface area contributed by atoms with Gasteiger partial charge in [0.2, 0.25) is 10.0 Å². The molecule has 0 aliphatic heterocycles. The predicted octanol–water partition coefficient (Wildman–Crippen LogP) is 2.47. The average Bonchev–Trinajstić information content (AvgIpc) is 3.00. The molecule has 22 heavy (non-hydrogen) atoms. The number of aryl methyl sites for hydroxylation is 1. The van der Waals surface area contributed by atoms with Crippen LogP contribution in [-0.2, 0) is 10.0 Å². The zero-order valence-electron chi connectivity index (χ0n) is 12.4. The number of benzene rings is 1. The summed E-state index contributed by atoms with van der Waals surface area (Å²) in [6, 6.07) is 8.49. The third-order valence-electron chi connectivity index (χ3n) is 3.25. The van der Waals surface area contributed by atoms with Crippen molar-refractivity contribution in [3.05, 3.63) is 46.2 Å². The lowest BCUT2D eigenvalue weighted by molar-refractivity contribution is 0.173. The van der Waals surface area contributed by atoms with Gasteiger partial charge in [-0.25, -0.2) is 13.1 Å². The van der Waals surface area contributed by atoms with Gasteiger partial charge in [-0.1, -0.05) is 6.07 Å². The first-order chi connectivity index (χ1) is 10.4. The Morgan fingerprint density at radius 1 is 1.36 bits per heavy atom. The first-order valence-corrected chi connectivity index (χ1v) is 9.16. The van der Waals surface area contributed by atoms with Crippen LogP contribution in [0.4, 0.5) is 0 Å². The molecule has 0 unspecified atom stereocenters. The standard InChI is InChI=1S/C15H19NO4S2/c1-11-10-12(20-2)5-6-15(11)22(18,19)16-8-7-13(17)14-4-3-9-21-14/h3-6,9-10,13,16-17H,7-8H2,1-2H3/t13-/m0/s1. The molecule has 0 aliphatic carbocycles. The quantitative estimate of drug-likeness (QED) is 0.811. The third kappa shape index (κ3) is 4.07. The SMILES string of the molecule is COc1ccc(S(=O)(=O)NCC[C@H](O)c2cccs2)c(C)c1. The molecule has 120 valence electrons. The summed E-state index contributed by atoms with van der Waals surface area (Å²) in [5.74, 6) is 0.615. The molecule has 2 rings (SSSR count). The zero-order chi connectivity index (χ0) is 16.2. The second-order valence-corrected chi connectivity index (χ2v) is 7.56. The van der Waals surface area contributed by atoms with Crippen LogP contribution in [-0.4, -0.2) is 27.2 Å². The number of methoxy groups -OCH3 is 1. The first kappa shape index (κ1) is 17.0. The van der Waals surface area contributed by atoms with E-state index in [9.17, 15) is 13.5 Å². The molecule has 1 aromatic heterocycles. The van der Waals surface area contributed by atoms with Gasteiger partial charge in [0.05, 0.1) is 18.1 Å². The highest BCUT2D eigenvalue weighted by Crippen LogP contribution is 2.23. The highest BCUT2D eigenvalue weighted by Gasteiger charge is 2.18.